The lowest BCUT2D eigenvalue weighted by Gasteiger charge is -2.34. The molecule has 1 aromatic heterocycles. The van der Waals surface area contributed by atoms with Crippen molar-refractivity contribution in [1.29, 1.82) is 0 Å². The molecule has 10 heteroatoms. The Kier molecular flexibility index (Phi) is 7.48. The second-order valence-corrected chi connectivity index (χ2v) is 6.95. The fraction of sp³-hybridized carbons (Fsp3) is 0.364. The number of aromatic nitrogens is 2. The van der Waals surface area contributed by atoms with Crippen molar-refractivity contribution in [3.63, 3.8) is 0 Å². The smallest absolute Gasteiger partial charge is 0.409 e. The van der Waals surface area contributed by atoms with Crippen LogP contribution in [0.2, 0.25) is 0 Å². The van der Waals surface area contributed by atoms with Crippen molar-refractivity contribution >= 4 is 18.1 Å². The molecule has 1 aliphatic heterocycles. The van der Waals surface area contributed by atoms with E-state index in [1.807, 2.05) is 12.1 Å². The molecule has 10 nitrogen and oxygen atoms in total. The lowest BCUT2D eigenvalue weighted by atomic mass is 10.1. The monoisotopic (exact) mass is 441 g/mol. The number of carbonyl (C=O) groups is 2. The third-order valence-corrected chi connectivity index (χ3v) is 4.98. The van der Waals surface area contributed by atoms with Gasteiger partial charge in [0.25, 0.3) is 5.91 Å². The average molecular weight is 441 g/mol. The van der Waals surface area contributed by atoms with Crippen LogP contribution in [0.15, 0.2) is 36.2 Å². The molecular formula is C22H27N5O5. The standard InChI is InChI=1S/C22H27N5O5/c1-4-32-22(29)27-11-9-26(10-12-27)21(28)16(23)14-20-24-8-7-17(25-20)15-5-6-18(30-2)19(13-15)31-3/h5-8,13-14H,4,9-12,23H2,1-3H3. The molecule has 2 heterocycles. The second kappa shape index (κ2) is 10.5. The molecule has 32 heavy (non-hydrogen) atoms. The van der Waals surface area contributed by atoms with Crippen LogP contribution in [0.3, 0.4) is 0 Å². The third kappa shape index (κ3) is 5.26. The van der Waals surface area contributed by atoms with Crippen molar-refractivity contribution in [3.8, 4) is 22.8 Å². The van der Waals surface area contributed by atoms with Crippen molar-refractivity contribution in [2.75, 3.05) is 47.0 Å². The number of amides is 2. The molecule has 0 unspecified atom stereocenters. The van der Waals surface area contributed by atoms with Gasteiger partial charge >= 0.3 is 6.09 Å². The summed E-state index contributed by atoms with van der Waals surface area (Å²) in [6, 6.07) is 7.21. The van der Waals surface area contributed by atoms with E-state index in [-0.39, 0.29) is 17.7 Å². The van der Waals surface area contributed by atoms with Crippen LogP contribution in [0.1, 0.15) is 12.7 Å². The zero-order valence-electron chi connectivity index (χ0n) is 18.4. The summed E-state index contributed by atoms with van der Waals surface area (Å²) in [5.41, 5.74) is 7.52. The number of nitrogens with two attached hydrogens (primary N) is 1. The molecule has 2 amide bonds. The van der Waals surface area contributed by atoms with Gasteiger partial charge in [-0.25, -0.2) is 14.8 Å². The van der Waals surface area contributed by atoms with Crippen LogP contribution >= 0.6 is 0 Å². The highest BCUT2D eigenvalue weighted by atomic mass is 16.6. The Bertz CT molecular complexity index is 1000. The normalized spacial score (nSPS) is 14.2. The molecule has 0 radical (unpaired) electrons. The van der Waals surface area contributed by atoms with Crippen LogP contribution < -0.4 is 15.2 Å². The van der Waals surface area contributed by atoms with E-state index >= 15 is 0 Å². The van der Waals surface area contributed by atoms with Crippen molar-refractivity contribution in [1.82, 2.24) is 19.8 Å². The number of nitrogens with zero attached hydrogens (tertiary/aromatic N) is 4. The second-order valence-electron chi connectivity index (χ2n) is 6.95. The maximum absolute atomic E-state index is 12.7. The summed E-state index contributed by atoms with van der Waals surface area (Å²) in [4.78, 5) is 36.4. The van der Waals surface area contributed by atoms with Crippen LogP contribution in [0.4, 0.5) is 4.79 Å². The molecule has 1 aliphatic rings. The van der Waals surface area contributed by atoms with Crippen LogP contribution in [-0.4, -0.2) is 78.8 Å². The molecule has 3 rings (SSSR count). The summed E-state index contributed by atoms with van der Waals surface area (Å²) in [7, 11) is 3.14. The minimum atomic E-state index is -0.372. The summed E-state index contributed by atoms with van der Waals surface area (Å²) in [5.74, 6) is 1.18. The summed E-state index contributed by atoms with van der Waals surface area (Å²) < 4.78 is 15.6. The lowest BCUT2D eigenvalue weighted by Crippen LogP contribution is -2.51. The Hall–Kier alpha value is -3.82. The third-order valence-electron chi connectivity index (χ3n) is 4.98. The Morgan fingerprint density at radius 2 is 1.75 bits per heavy atom. The van der Waals surface area contributed by atoms with Crippen molar-refractivity contribution in [2.24, 2.45) is 5.73 Å². The summed E-state index contributed by atoms with van der Waals surface area (Å²) in [6.07, 6.45) is 2.67. The zero-order chi connectivity index (χ0) is 23.1. The predicted octanol–water partition coefficient (Wildman–Crippen LogP) is 1.76. The van der Waals surface area contributed by atoms with E-state index < -0.39 is 0 Å². The van der Waals surface area contributed by atoms with Gasteiger partial charge in [0.15, 0.2) is 17.3 Å². The predicted molar refractivity (Wildman–Crippen MR) is 118 cm³/mol. The minimum Gasteiger partial charge on any atom is -0.493 e. The zero-order valence-corrected chi connectivity index (χ0v) is 18.4. The van der Waals surface area contributed by atoms with Gasteiger partial charge in [0.05, 0.1) is 26.5 Å². The highest BCUT2D eigenvalue weighted by Gasteiger charge is 2.25. The molecule has 1 saturated heterocycles. The summed E-state index contributed by atoms with van der Waals surface area (Å²) in [6.45, 7) is 3.60. The van der Waals surface area contributed by atoms with E-state index in [2.05, 4.69) is 9.97 Å². The Morgan fingerprint density at radius 3 is 2.41 bits per heavy atom. The molecule has 0 spiro atoms. The van der Waals surface area contributed by atoms with Gasteiger partial charge in [0.2, 0.25) is 0 Å². The first-order valence-electron chi connectivity index (χ1n) is 10.2. The first-order valence-corrected chi connectivity index (χ1v) is 10.2. The first-order chi connectivity index (χ1) is 15.5. The van der Waals surface area contributed by atoms with Crippen molar-refractivity contribution < 1.29 is 23.8 Å². The average Bonchev–Trinajstić information content (AvgIpc) is 2.83. The minimum absolute atomic E-state index is 0.0269. The topological polar surface area (TPSA) is 120 Å². The Labute approximate surface area is 186 Å². The van der Waals surface area contributed by atoms with E-state index in [4.69, 9.17) is 19.9 Å². The number of ether oxygens (including phenoxy) is 3. The van der Waals surface area contributed by atoms with E-state index in [1.165, 1.54) is 6.08 Å². The van der Waals surface area contributed by atoms with Crippen molar-refractivity contribution in [2.45, 2.75) is 6.92 Å². The van der Waals surface area contributed by atoms with Gasteiger partial charge < -0.3 is 29.7 Å². The maximum atomic E-state index is 12.7. The number of carbonyl (C=O) groups excluding carboxylic acids is 2. The van der Waals surface area contributed by atoms with E-state index in [0.717, 1.165) is 5.56 Å². The molecule has 0 bridgehead atoms. The molecule has 0 aliphatic carbocycles. The van der Waals surface area contributed by atoms with E-state index in [1.54, 1.807) is 49.3 Å². The number of hydrogen-bond donors (Lipinski definition) is 1. The van der Waals surface area contributed by atoms with Crippen LogP contribution in [-0.2, 0) is 9.53 Å². The SMILES string of the molecule is CCOC(=O)N1CCN(C(=O)C(N)=Cc2nccc(-c3ccc(OC)c(OC)c3)n2)CC1. The summed E-state index contributed by atoms with van der Waals surface area (Å²) in [5, 5.41) is 0. The highest BCUT2D eigenvalue weighted by Crippen LogP contribution is 2.31. The number of benzene rings is 1. The summed E-state index contributed by atoms with van der Waals surface area (Å²) >= 11 is 0. The van der Waals surface area contributed by atoms with Crippen LogP contribution in [0, 0.1) is 0 Å². The van der Waals surface area contributed by atoms with Gasteiger partial charge in [-0.1, -0.05) is 0 Å². The van der Waals surface area contributed by atoms with Gasteiger partial charge in [0, 0.05) is 44.0 Å². The maximum Gasteiger partial charge on any atom is 0.409 e. The largest absolute Gasteiger partial charge is 0.493 e. The number of piperazine rings is 1. The Morgan fingerprint density at radius 1 is 1.06 bits per heavy atom. The van der Waals surface area contributed by atoms with Gasteiger partial charge in [-0.3, -0.25) is 4.79 Å². The molecular weight excluding hydrogens is 414 g/mol. The molecule has 0 saturated carbocycles. The fourth-order valence-electron chi connectivity index (χ4n) is 3.29. The number of hydrogen-bond acceptors (Lipinski definition) is 8. The van der Waals surface area contributed by atoms with Crippen LogP contribution in [0.25, 0.3) is 17.3 Å². The van der Waals surface area contributed by atoms with Gasteiger partial charge in [-0.05, 0) is 31.2 Å². The van der Waals surface area contributed by atoms with Crippen LogP contribution in [0.5, 0.6) is 11.5 Å². The van der Waals surface area contributed by atoms with Gasteiger partial charge in [0.1, 0.15) is 5.70 Å². The first kappa shape index (κ1) is 22.9. The fourth-order valence-corrected chi connectivity index (χ4v) is 3.29. The van der Waals surface area contributed by atoms with Crippen molar-refractivity contribution in [3.05, 3.63) is 42.0 Å². The molecule has 1 aromatic carbocycles. The Balaban J connectivity index is 1.71. The van der Waals surface area contributed by atoms with E-state index in [9.17, 15) is 9.59 Å². The number of rotatable bonds is 6. The van der Waals surface area contributed by atoms with E-state index in [0.29, 0.717) is 55.8 Å². The molecule has 0 atom stereocenters. The number of methoxy groups -OCH3 is 2. The quantitative estimate of drug-likeness (QED) is 0.674. The van der Waals surface area contributed by atoms with Gasteiger partial charge in [-0.2, -0.15) is 0 Å². The lowest BCUT2D eigenvalue weighted by molar-refractivity contribution is -0.128. The highest BCUT2D eigenvalue weighted by molar-refractivity contribution is 5.96. The molecule has 2 aromatic rings. The molecule has 1 fully saturated rings. The van der Waals surface area contributed by atoms with Gasteiger partial charge in [-0.15, -0.1) is 0 Å². The molecule has 170 valence electrons. The molecule has 2 N–H and O–H groups in total.